The Morgan fingerprint density at radius 2 is 1.85 bits per heavy atom. The van der Waals surface area contributed by atoms with Gasteiger partial charge in [-0.05, 0) is 33.3 Å². The number of rotatable bonds is 7. The number of nitrogens with one attached hydrogen (secondary N) is 1. The fourth-order valence-electron chi connectivity index (χ4n) is 3.54. The van der Waals surface area contributed by atoms with E-state index in [1.165, 1.54) is 4.68 Å². The number of benzene rings is 1. The average Bonchev–Trinajstić information content (AvgIpc) is 3.15. The Morgan fingerprint density at radius 1 is 1.12 bits per heavy atom. The molecule has 3 rings (SSSR count). The first-order valence-electron chi connectivity index (χ1n) is 11.4. The summed E-state index contributed by atoms with van der Waals surface area (Å²) < 4.78 is 17.5. The van der Waals surface area contributed by atoms with Crippen molar-refractivity contribution in [2.24, 2.45) is 0 Å². The maximum Gasteiger partial charge on any atom is 0.410 e. The number of amides is 2. The van der Waals surface area contributed by atoms with Gasteiger partial charge in [0.25, 0.3) is 0 Å². The summed E-state index contributed by atoms with van der Waals surface area (Å²) in [6.45, 7) is 8.60. The van der Waals surface area contributed by atoms with Gasteiger partial charge in [-0.15, -0.1) is 0 Å². The van der Waals surface area contributed by atoms with E-state index in [2.05, 4.69) is 10.4 Å². The molecule has 1 aliphatic rings. The molecule has 0 saturated carbocycles. The van der Waals surface area contributed by atoms with Crippen molar-refractivity contribution >= 4 is 18.2 Å². The number of carbonyl (C=O) groups excluding carboxylic acids is 3. The molecule has 10 heteroatoms. The molecule has 0 radical (unpaired) electrons. The quantitative estimate of drug-likeness (QED) is 0.486. The number of alkyl carbamates (subject to hydrolysis) is 1. The van der Waals surface area contributed by atoms with Gasteiger partial charge in [0.05, 0.1) is 25.4 Å². The highest BCUT2D eigenvalue weighted by Crippen LogP contribution is 2.24. The summed E-state index contributed by atoms with van der Waals surface area (Å²) in [6, 6.07) is 9.37. The predicted octanol–water partition coefficient (Wildman–Crippen LogP) is 3.28. The molecule has 1 N–H and O–H groups in total. The van der Waals surface area contributed by atoms with Crippen LogP contribution in [-0.2, 0) is 40.3 Å². The van der Waals surface area contributed by atoms with E-state index in [9.17, 15) is 14.4 Å². The highest BCUT2D eigenvalue weighted by molar-refractivity contribution is 5.90. The van der Waals surface area contributed by atoms with E-state index in [4.69, 9.17) is 14.2 Å². The molecule has 0 atom stereocenters. The highest BCUT2D eigenvalue weighted by atomic mass is 16.6. The molecule has 2 aromatic rings. The minimum atomic E-state index is -0.619. The zero-order chi connectivity index (χ0) is 24.7. The van der Waals surface area contributed by atoms with Crippen molar-refractivity contribution in [1.82, 2.24) is 20.0 Å². The van der Waals surface area contributed by atoms with E-state index in [0.717, 1.165) is 11.3 Å². The lowest BCUT2D eigenvalue weighted by Gasteiger charge is -2.29. The van der Waals surface area contributed by atoms with E-state index in [1.807, 2.05) is 30.3 Å². The van der Waals surface area contributed by atoms with Crippen LogP contribution in [0.25, 0.3) is 0 Å². The fourth-order valence-corrected chi connectivity index (χ4v) is 3.54. The smallest absolute Gasteiger partial charge is 0.410 e. The Labute approximate surface area is 199 Å². The van der Waals surface area contributed by atoms with E-state index in [0.29, 0.717) is 18.5 Å². The summed E-state index contributed by atoms with van der Waals surface area (Å²) in [7, 11) is 0. The van der Waals surface area contributed by atoms with Crippen molar-refractivity contribution < 1.29 is 28.6 Å². The third-order valence-electron chi connectivity index (χ3n) is 5.03. The van der Waals surface area contributed by atoms with E-state index < -0.39 is 23.8 Å². The molecule has 0 unspecified atom stereocenters. The number of carbonyl (C=O) groups is 3. The fraction of sp³-hybridized carbons (Fsp3) is 0.500. The van der Waals surface area contributed by atoms with Gasteiger partial charge in [0.1, 0.15) is 12.2 Å². The first-order valence-corrected chi connectivity index (χ1v) is 11.4. The second-order valence-electron chi connectivity index (χ2n) is 8.86. The van der Waals surface area contributed by atoms with Crippen LogP contribution in [0.5, 0.6) is 0 Å². The van der Waals surface area contributed by atoms with Gasteiger partial charge < -0.3 is 24.4 Å². The predicted molar refractivity (Wildman–Crippen MR) is 123 cm³/mol. The zero-order valence-electron chi connectivity index (χ0n) is 20.1. The molecule has 0 bridgehead atoms. The molecular formula is C24H32N4O6. The Bertz CT molecular complexity index is 1010. The molecule has 34 heavy (non-hydrogen) atoms. The highest BCUT2D eigenvalue weighted by Gasteiger charge is 2.32. The Kier molecular flexibility index (Phi) is 8.14. The number of hydrogen-bond donors (Lipinski definition) is 1. The van der Waals surface area contributed by atoms with Crippen LogP contribution in [-0.4, -0.2) is 58.1 Å². The number of esters is 1. The molecule has 184 valence electrons. The van der Waals surface area contributed by atoms with E-state index in [-0.39, 0.29) is 38.5 Å². The summed E-state index contributed by atoms with van der Waals surface area (Å²) in [5.41, 5.74) is 1.92. The number of nitrogens with zero attached hydrogens (tertiary/aromatic N) is 3. The monoisotopic (exact) mass is 472 g/mol. The number of fused-ring (bicyclic) bond motifs is 1. The van der Waals surface area contributed by atoms with Crippen molar-refractivity contribution in [3.8, 4) is 0 Å². The lowest BCUT2D eigenvalue weighted by molar-refractivity contribution is 0.0219. The first kappa shape index (κ1) is 25.1. The molecular weight excluding hydrogens is 440 g/mol. The first-order chi connectivity index (χ1) is 16.2. The van der Waals surface area contributed by atoms with Crippen molar-refractivity contribution in [3.05, 3.63) is 52.8 Å². The van der Waals surface area contributed by atoms with E-state index >= 15 is 0 Å². The molecule has 2 amide bonds. The Balaban J connectivity index is 1.65. The van der Waals surface area contributed by atoms with Crippen LogP contribution >= 0.6 is 0 Å². The van der Waals surface area contributed by atoms with Gasteiger partial charge in [0.15, 0.2) is 5.69 Å². The molecule has 10 nitrogen and oxygen atoms in total. The topological polar surface area (TPSA) is 112 Å². The zero-order valence-corrected chi connectivity index (χ0v) is 20.1. The lowest BCUT2D eigenvalue weighted by atomic mass is 10.1. The van der Waals surface area contributed by atoms with Crippen molar-refractivity contribution in [1.29, 1.82) is 0 Å². The van der Waals surface area contributed by atoms with Crippen molar-refractivity contribution in [3.63, 3.8) is 0 Å². The largest absolute Gasteiger partial charge is 0.461 e. The number of hydrogen-bond acceptors (Lipinski definition) is 7. The Hall–Kier alpha value is -3.56. The molecule has 0 aliphatic carbocycles. The van der Waals surface area contributed by atoms with Gasteiger partial charge >= 0.3 is 18.2 Å². The van der Waals surface area contributed by atoms with Gasteiger partial charge in [0, 0.05) is 25.1 Å². The maximum atomic E-state index is 12.7. The molecule has 0 spiro atoms. The van der Waals surface area contributed by atoms with Crippen LogP contribution in [0.1, 0.15) is 55.0 Å². The SMILES string of the molecule is CCOC(=O)c1c2c(nn1CCNC(=O)OCc1ccccc1)CCN(C(=O)OC(C)(C)C)C2. The Morgan fingerprint density at radius 3 is 2.53 bits per heavy atom. The van der Waals surface area contributed by atoms with Crippen LogP contribution in [0.2, 0.25) is 0 Å². The lowest BCUT2D eigenvalue weighted by Crippen LogP contribution is -2.40. The maximum absolute atomic E-state index is 12.7. The van der Waals surface area contributed by atoms with Crippen LogP contribution in [0, 0.1) is 0 Å². The number of aromatic nitrogens is 2. The van der Waals surface area contributed by atoms with Gasteiger partial charge in [-0.3, -0.25) is 4.68 Å². The van der Waals surface area contributed by atoms with Crippen molar-refractivity contribution in [2.75, 3.05) is 19.7 Å². The molecule has 2 heterocycles. The normalized spacial score (nSPS) is 13.1. The van der Waals surface area contributed by atoms with Crippen LogP contribution in [0.4, 0.5) is 9.59 Å². The number of ether oxygens (including phenoxy) is 3. The summed E-state index contributed by atoms with van der Waals surface area (Å²) in [6.07, 6.45) is -0.515. The van der Waals surface area contributed by atoms with E-state index in [1.54, 1.807) is 32.6 Å². The van der Waals surface area contributed by atoms with Crippen molar-refractivity contribution in [2.45, 2.75) is 59.4 Å². The van der Waals surface area contributed by atoms with Gasteiger partial charge in [0.2, 0.25) is 0 Å². The molecule has 1 aromatic carbocycles. The van der Waals surface area contributed by atoms with Gasteiger partial charge in [-0.25, -0.2) is 14.4 Å². The molecule has 0 fully saturated rings. The van der Waals surface area contributed by atoms with Crippen LogP contribution in [0.3, 0.4) is 0 Å². The van der Waals surface area contributed by atoms with Crippen LogP contribution in [0.15, 0.2) is 30.3 Å². The standard InChI is InChI=1S/C24H32N4O6/c1-5-32-21(29)20-18-15-27(23(31)34-24(2,3)4)13-11-19(18)26-28(20)14-12-25-22(30)33-16-17-9-7-6-8-10-17/h6-10H,5,11-16H2,1-4H3,(H,25,30). The summed E-state index contributed by atoms with van der Waals surface area (Å²) in [4.78, 5) is 38.9. The second kappa shape index (κ2) is 11.0. The third-order valence-corrected chi connectivity index (χ3v) is 5.03. The van der Waals surface area contributed by atoms with Crippen LogP contribution < -0.4 is 5.32 Å². The van der Waals surface area contributed by atoms with Gasteiger partial charge in [-0.2, -0.15) is 5.10 Å². The molecule has 1 aliphatic heterocycles. The molecule has 1 aromatic heterocycles. The van der Waals surface area contributed by atoms with Gasteiger partial charge in [-0.1, -0.05) is 30.3 Å². The second-order valence-corrected chi connectivity index (χ2v) is 8.86. The minimum absolute atomic E-state index is 0.164. The summed E-state index contributed by atoms with van der Waals surface area (Å²) in [5.74, 6) is -0.519. The minimum Gasteiger partial charge on any atom is -0.461 e. The average molecular weight is 473 g/mol. The third kappa shape index (κ3) is 6.72. The molecule has 0 saturated heterocycles. The summed E-state index contributed by atoms with van der Waals surface area (Å²) >= 11 is 0. The summed E-state index contributed by atoms with van der Waals surface area (Å²) in [5, 5.41) is 7.23.